The van der Waals surface area contributed by atoms with Crippen LogP contribution in [-0.4, -0.2) is 25.4 Å². The Hall–Kier alpha value is -3.59. The molecule has 32 heavy (non-hydrogen) atoms. The summed E-state index contributed by atoms with van der Waals surface area (Å²) in [6.45, 7) is 3.92. The first-order chi connectivity index (χ1) is 15.4. The van der Waals surface area contributed by atoms with Crippen molar-refractivity contribution in [2.45, 2.75) is 39.5 Å². The lowest BCUT2D eigenvalue weighted by Gasteiger charge is -2.09. The predicted molar refractivity (Wildman–Crippen MR) is 125 cm³/mol. The van der Waals surface area contributed by atoms with Gasteiger partial charge in [0.15, 0.2) is 0 Å². The van der Waals surface area contributed by atoms with Gasteiger partial charge in [-0.2, -0.15) is 9.78 Å². The quantitative estimate of drug-likeness (QED) is 0.261. The fourth-order valence-electron chi connectivity index (χ4n) is 4.38. The fraction of sp³-hybridized carbons (Fsp3) is 0.261. The SMILES string of the molecule is Cc1cc(/C=N\n2cnc3sc4c(c3c2=O)CCCC4)c(C)n1-c1ccc([N+](=O)[O-])cc1. The summed E-state index contributed by atoms with van der Waals surface area (Å²) in [7, 11) is 0. The minimum Gasteiger partial charge on any atom is -0.318 e. The normalized spacial score (nSPS) is 13.7. The van der Waals surface area contributed by atoms with Crippen LogP contribution < -0.4 is 5.56 Å². The molecule has 0 atom stereocenters. The number of hydrogen-bond acceptors (Lipinski definition) is 6. The first-order valence-corrected chi connectivity index (χ1v) is 11.3. The molecule has 0 aliphatic heterocycles. The van der Waals surface area contributed by atoms with E-state index in [1.54, 1.807) is 29.7 Å². The molecule has 1 aromatic carbocycles. The summed E-state index contributed by atoms with van der Waals surface area (Å²) in [6, 6.07) is 8.40. The highest BCUT2D eigenvalue weighted by atomic mass is 32.1. The molecule has 5 rings (SSSR count). The minimum atomic E-state index is -0.412. The third-order valence-corrected chi connectivity index (χ3v) is 7.17. The average Bonchev–Trinajstić information content (AvgIpc) is 3.30. The molecular formula is C23H21N5O3S. The van der Waals surface area contributed by atoms with E-state index in [9.17, 15) is 14.9 Å². The van der Waals surface area contributed by atoms with Crippen LogP contribution in [0.5, 0.6) is 0 Å². The summed E-state index contributed by atoms with van der Waals surface area (Å²) >= 11 is 1.62. The summed E-state index contributed by atoms with van der Waals surface area (Å²) in [5, 5.41) is 16.1. The third kappa shape index (κ3) is 3.34. The van der Waals surface area contributed by atoms with Crippen LogP contribution in [0.2, 0.25) is 0 Å². The first kappa shape index (κ1) is 20.3. The number of nitro groups is 1. The Morgan fingerprint density at radius 1 is 1.19 bits per heavy atom. The van der Waals surface area contributed by atoms with Crippen LogP contribution in [0.1, 0.15) is 40.2 Å². The molecule has 3 aromatic heterocycles. The largest absolute Gasteiger partial charge is 0.318 e. The zero-order chi connectivity index (χ0) is 22.4. The molecule has 4 aromatic rings. The van der Waals surface area contributed by atoms with Gasteiger partial charge in [0, 0.05) is 39.6 Å². The first-order valence-electron chi connectivity index (χ1n) is 10.4. The zero-order valence-corrected chi connectivity index (χ0v) is 18.6. The lowest BCUT2D eigenvalue weighted by atomic mass is 9.97. The van der Waals surface area contributed by atoms with E-state index in [1.807, 2.05) is 24.5 Å². The van der Waals surface area contributed by atoms with Crippen LogP contribution in [0.3, 0.4) is 0 Å². The van der Waals surface area contributed by atoms with Gasteiger partial charge in [-0.1, -0.05) is 0 Å². The van der Waals surface area contributed by atoms with E-state index in [4.69, 9.17) is 0 Å². The van der Waals surface area contributed by atoms with Crippen molar-refractivity contribution in [3.8, 4) is 5.69 Å². The van der Waals surface area contributed by atoms with Crippen molar-refractivity contribution in [1.82, 2.24) is 14.2 Å². The second kappa shape index (κ2) is 7.83. The zero-order valence-electron chi connectivity index (χ0n) is 17.7. The highest BCUT2D eigenvalue weighted by Crippen LogP contribution is 2.33. The van der Waals surface area contributed by atoms with E-state index in [1.165, 1.54) is 28.0 Å². The molecule has 9 heteroatoms. The van der Waals surface area contributed by atoms with Gasteiger partial charge in [0.1, 0.15) is 11.2 Å². The van der Waals surface area contributed by atoms with Gasteiger partial charge < -0.3 is 4.57 Å². The summed E-state index contributed by atoms with van der Waals surface area (Å²) in [5.41, 5.74) is 4.65. The number of fused-ring (bicyclic) bond motifs is 3. The molecule has 0 unspecified atom stereocenters. The minimum absolute atomic E-state index is 0.0517. The molecule has 0 saturated carbocycles. The molecule has 0 fully saturated rings. The van der Waals surface area contributed by atoms with Crippen LogP contribution in [0, 0.1) is 24.0 Å². The molecule has 0 saturated heterocycles. The molecular weight excluding hydrogens is 426 g/mol. The molecule has 0 amide bonds. The van der Waals surface area contributed by atoms with Gasteiger partial charge >= 0.3 is 0 Å². The van der Waals surface area contributed by atoms with E-state index in [0.29, 0.717) is 5.39 Å². The average molecular weight is 448 g/mol. The number of aryl methyl sites for hydroxylation is 3. The van der Waals surface area contributed by atoms with Gasteiger partial charge in [0.25, 0.3) is 11.2 Å². The standard InChI is InChI=1S/C23H21N5O3S/c1-14-11-16(15(2)27(14)17-7-9-18(10-8-17)28(30)31)12-25-26-13-24-22-21(23(26)29)19-5-3-4-6-20(19)32-22/h7-13H,3-6H2,1-2H3/b25-12-. The van der Waals surface area contributed by atoms with E-state index in [0.717, 1.165) is 58.7 Å². The second-order valence-corrected chi connectivity index (χ2v) is 9.05. The monoisotopic (exact) mass is 447 g/mol. The summed E-state index contributed by atoms with van der Waals surface area (Å²) in [5.74, 6) is 0. The Morgan fingerprint density at radius 2 is 1.94 bits per heavy atom. The van der Waals surface area contributed by atoms with Gasteiger partial charge in [0.05, 0.1) is 16.5 Å². The topological polar surface area (TPSA) is 95.3 Å². The molecule has 0 spiro atoms. The van der Waals surface area contributed by atoms with Crippen molar-refractivity contribution in [3.63, 3.8) is 0 Å². The molecule has 0 N–H and O–H groups in total. The molecule has 1 aliphatic rings. The molecule has 3 heterocycles. The van der Waals surface area contributed by atoms with Gasteiger partial charge in [-0.3, -0.25) is 14.9 Å². The molecule has 1 aliphatic carbocycles. The van der Waals surface area contributed by atoms with Crippen molar-refractivity contribution in [2.75, 3.05) is 0 Å². The van der Waals surface area contributed by atoms with E-state index in [-0.39, 0.29) is 11.2 Å². The number of benzene rings is 1. The molecule has 0 radical (unpaired) electrons. The summed E-state index contributed by atoms with van der Waals surface area (Å²) in [4.78, 5) is 30.2. The third-order valence-electron chi connectivity index (χ3n) is 5.97. The highest BCUT2D eigenvalue weighted by molar-refractivity contribution is 7.18. The fourth-order valence-corrected chi connectivity index (χ4v) is 5.60. The predicted octanol–water partition coefficient (Wildman–Crippen LogP) is 4.53. The lowest BCUT2D eigenvalue weighted by molar-refractivity contribution is -0.384. The maximum atomic E-state index is 13.1. The van der Waals surface area contributed by atoms with Gasteiger partial charge in [-0.15, -0.1) is 11.3 Å². The van der Waals surface area contributed by atoms with Crippen molar-refractivity contribution >= 4 is 33.5 Å². The van der Waals surface area contributed by atoms with Gasteiger partial charge in [0.2, 0.25) is 0 Å². The van der Waals surface area contributed by atoms with E-state index in [2.05, 4.69) is 10.1 Å². The number of nitrogens with zero attached hydrogens (tertiary/aromatic N) is 5. The van der Waals surface area contributed by atoms with Crippen LogP contribution >= 0.6 is 11.3 Å². The molecule has 162 valence electrons. The number of rotatable bonds is 4. The smallest absolute Gasteiger partial charge is 0.282 e. The number of non-ortho nitro benzene ring substituents is 1. The maximum absolute atomic E-state index is 13.1. The maximum Gasteiger partial charge on any atom is 0.282 e. The Bertz CT molecular complexity index is 1440. The van der Waals surface area contributed by atoms with Crippen LogP contribution in [-0.2, 0) is 12.8 Å². The van der Waals surface area contributed by atoms with Crippen molar-refractivity contribution in [3.05, 3.63) is 84.5 Å². The highest BCUT2D eigenvalue weighted by Gasteiger charge is 2.20. The molecule has 0 bridgehead atoms. The summed E-state index contributed by atoms with van der Waals surface area (Å²) in [6.07, 6.45) is 7.36. The Balaban J connectivity index is 1.51. The Labute approximate surface area is 187 Å². The number of aromatic nitrogens is 3. The number of thiophene rings is 1. The van der Waals surface area contributed by atoms with E-state index >= 15 is 0 Å². The van der Waals surface area contributed by atoms with Crippen LogP contribution in [0.15, 0.2) is 46.6 Å². The van der Waals surface area contributed by atoms with Gasteiger partial charge in [-0.25, -0.2) is 4.98 Å². The Morgan fingerprint density at radius 3 is 2.69 bits per heavy atom. The van der Waals surface area contributed by atoms with Crippen LogP contribution in [0.25, 0.3) is 15.9 Å². The van der Waals surface area contributed by atoms with Crippen molar-refractivity contribution < 1.29 is 4.92 Å². The number of nitro benzene ring substituents is 1. The van der Waals surface area contributed by atoms with Crippen molar-refractivity contribution in [1.29, 1.82) is 0 Å². The van der Waals surface area contributed by atoms with Crippen molar-refractivity contribution in [2.24, 2.45) is 5.10 Å². The summed E-state index contributed by atoms with van der Waals surface area (Å²) < 4.78 is 3.31. The van der Waals surface area contributed by atoms with E-state index < -0.39 is 4.92 Å². The Kier molecular flexibility index (Phi) is 4.97. The van der Waals surface area contributed by atoms with Gasteiger partial charge in [-0.05, 0) is 63.3 Å². The van der Waals surface area contributed by atoms with Crippen LogP contribution in [0.4, 0.5) is 5.69 Å². The number of hydrogen-bond donors (Lipinski definition) is 0. The second-order valence-electron chi connectivity index (χ2n) is 7.97. The molecule has 8 nitrogen and oxygen atoms in total. The lowest BCUT2D eigenvalue weighted by Crippen LogP contribution is -2.18.